The lowest BCUT2D eigenvalue weighted by Crippen LogP contribution is -2.34. The minimum atomic E-state index is -0.815. The highest BCUT2D eigenvalue weighted by Crippen LogP contribution is 2.65. The smallest absolute Gasteiger partial charge is 0.0734 e. The summed E-state index contributed by atoms with van der Waals surface area (Å²) in [5.74, 6) is 0. The third kappa shape index (κ3) is 6.12. The van der Waals surface area contributed by atoms with E-state index in [9.17, 15) is 0 Å². The van der Waals surface area contributed by atoms with Crippen LogP contribution in [0.15, 0.2) is 312 Å². The lowest BCUT2D eigenvalue weighted by Gasteiger charge is -2.40. The summed E-state index contributed by atoms with van der Waals surface area (Å²) in [6, 6.07) is 118. The second-order valence-corrected chi connectivity index (χ2v) is 27.9. The first-order valence-corrected chi connectivity index (χ1v) is 33.5. The molecule has 2 aromatic heterocycles. The number of aromatic nitrogens is 2. The normalized spacial score (nSPS) is 15.4. The molecule has 0 radical (unpaired) electrons. The van der Waals surface area contributed by atoms with E-state index in [0.717, 1.165) is 31.0 Å². The van der Waals surface area contributed by atoms with Gasteiger partial charge in [0.2, 0.25) is 0 Å². The highest BCUT2D eigenvalue weighted by atomic mass is 79.9. The van der Waals surface area contributed by atoms with E-state index in [1.54, 1.807) is 0 Å². The number of hydrogen-bond acceptors (Lipinski definition) is 0. The standard InChI is InChI=1S/C88H52Br2N2/c89-57-41-43-67-69-45-55-47-79(83(69)91-81(67)49-57)87(75-29-13-5-21-63(75)64-22-6-14-30-76(64)87)54-39-35-52(36-40-54)86(73-27-11-3-19-61(73)62-20-4-12-28-74(62)86)56-46-70-68-44-42-58(90)50-82(68)92-84(70)80(48-56)88(77-31-15-7-23-65(77)66-24-8-16-32-78(66)88)53-37-33-51(34-38-53)85(55)71-25-9-1-17-59(71)60-18-2-10-26-72(60)85/h1-50,91-92H. The van der Waals surface area contributed by atoms with Gasteiger partial charge < -0.3 is 9.97 Å². The predicted octanol–water partition coefficient (Wildman–Crippen LogP) is 22.2. The molecule has 0 unspecified atom stereocenters. The Morgan fingerprint density at radius 1 is 0.196 bits per heavy atom. The summed E-state index contributed by atoms with van der Waals surface area (Å²) >= 11 is 7.87. The topological polar surface area (TPSA) is 31.6 Å². The molecule has 0 fully saturated rings. The molecule has 8 bridgehead atoms. The predicted molar refractivity (Wildman–Crippen MR) is 383 cm³/mol. The average molecular weight is 1300 g/mol. The van der Waals surface area contributed by atoms with Crippen molar-refractivity contribution in [3.8, 4) is 44.5 Å². The van der Waals surface area contributed by atoms with Gasteiger partial charge in [0.05, 0.1) is 32.7 Å². The van der Waals surface area contributed by atoms with Crippen molar-refractivity contribution < 1.29 is 0 Å². The van der Waals surface area contributed by atoms with E-state index >= 15 is 0 Å². The summed E-state index contributed by atoms with van der Waals surface area (Å²) in [4.78, 5) is 8.37. The zero-order chi connectivity index (χ0) is 60.4. The van der Waals surface area contributed by atoms with Crippen LogP contribution in [0.3, 0.4) is 0 Å². The highest BCUT2D eigenvalue weighted by Gasteiger charge is 2.54. The van der Waals surface area contributed by atoms with Crippen LogP contribution in [0.2, 0.25) is 0 Å². The van der Waals surface area contributed by atoms with Crippen molar-refractivity contribution >= 4 is 75.5 Å². The molecule has 8 aliphatic rings. The van der Waals surface area contributed by atoms with Crippen LogP contribution in [-0.2, 0) is 21.7 Å². The third-order valence-electron chi connectivity index (χ3n) is 22.3. The highest BCUT2D eigenvalue weighted by molar-refractivity contribution is 9.10. The van der Waals surface area contributed by atoms with Crippen molar-refractivity contribution in [1.29, 1.82) is 0 Å². The van der Waals surface area contributed by atoms with Crippen molar-refractivity contribution in [1.82, 2.24) is 9.97 Å². The number of fused-ring (bicyclic) bond motifs is 18. The largest absolute Gasteiger partial charge is 0.354 e. The molecule has 428 valence electrons. The van der Waals surface area contributed by atoms with E-state index < -0.39 is 21.7 Å². The van der Waals surface area contributed by atoms with Crippen molar-refractivity contribution in [3.63, 3.8) is 0 Å². The van der Waals surface area contributed by atoms with E-state index in [1.807, 2.05) is 0 Å². The van der Waals surface area contributed by atoms with Gasteiger partial charge in [0.25, 0.3) is 0 Å². The molecule has 2 heterocycles. The van der Waals surface area contributed by atoms with E-state index in [4.69, 9.17) is 0 Å². The lowest BCUT2D eigenvalue weighted by molar-refractivity contribution is 0.728. The van der Waals surface area contributed by atoms with Crippen LogP contribution in [0.1, 0.15) is 89.0 Å². The van der Waals surface area contributed by atoms with Gasteiger partial charge >= 0.3 is 0 Å². The molecule has 24 rings (SSSR count). The summed E-state index contributed by atoms with van der Waals surface area (Å²) in [6.07, 6.45) is 0. The Hall–Kier alpha value is -10.4. The van der Waals surface area contributed by atoms with Crippen molar-refractivity contribution in [2.45, 2.75) is 21.7 Å². The van der Waals surface area contributed by atoms with Crippen molar-refractivity contribution in [2.24, 2.45) is 0 Å². The second-order valence-electron chi connectivity index (χ2n) is 26.0. The van der Waals surface area contributed by atoms with Crippen LogP contribution in [0.4, 0.5) is 0 Å². The Kier molecular flexibility index (Phi) is 10.2. The first-order valence-electron chi connectivity index (χ1n) is 31.9. The van der Waals surface area contributed by atoms with Gasteiger partial charge in [-0.15, -0.1) is 0 Å². The van der Waals surface area contributed by atoms with E-state index in [-0.39, 0.29) is 0 Å². The summed E-state index contributed by atoms with van der Waals surface area (Å²) < 4.78 is 2.07. The van der Waals surface area contributed by atoms with Gasteiger partial charge in [0.1, 0.15) is 0 Å². The van der Waals surface area contributed by atoms with Gasteiger partial charge in [-0.3, -0.25) is 0 Å². The molecule has 0 saturated heterocycles. The van der Waals surface area contributed by atoms with Crippen LogP contribution in [0.25, 0.3) is 88.1 Å². The second kappa shape index (κ2) is 18.2. The zero-order valence-corrected chi connectivity index (χ0v) is 52.8. The summed E-state index contributed by atoms with van der Waals surface area (Å²) in [6.45, 7) is 0. The van der Waals surface area contributed by atoms with Crippen LogP contribution in [0.5, 0.6) is 0 Å². The van der Waals surface area contributed by atoms with Gasteiger partial charge in [-0.05, 0) is 170 Å². The first kappa shape index (κ1) is 51.4. The minimum Gasteiger partial charge on any atom is -0.354 e. The maximum atomic E-state index is 4.19. The van der Waals surface area contributed by atoms with Crippen LogP contribution < -0.4 is 0 Å². The monoisotopic (exact) mass is 1290 g/mol. The van der Waals surface area contributed by atoms with Gasteiger partial charge in [0.15, 0.2) is 0 Å². The number of H-pyrrole nitrogens is 2. The molecule has 16 aromatic rings. The number of aromatic amines is 2. The van der Waals surface area contributed by atoms with Crippen LogP contribution >= 0.6 is 31.9 Å². The molecule has 4 heteroatoms. The molecule has 14 aromatic carbocycles. The molecule has 0 atom stereocenters. The Balaban J connectivity index is 1.00. The molecular weight excluding hydrogens is 1240 g/mol. The Morgan fingerprint density at radius 2 is 0.435 bits per heavy atom. The minimum absolute atomic E-state index is 0.784. The maximum absolute atomic E-state index is 4.19. The fourth-order valence-corrected chi connectivity index (χ4v) is 19.7. The molecular formula is C88H52Br2N2. The molecule has 2 nitrogen and oxygen atoms in total. The fourth-order valence-electron chi connectivity index (χ4n) is 19.0. The van der Waals surface area contributed by atoms with Gasteiger partial charge in [0, 0.05) is 41.5 Å². The number of benzene rings is 14. The van der Waals surface area contributed by atoms with E-state index in [0.29, 0.717) is 0 Å². The SMILES string of the molecule is Brc1ccc2c(c1)[nH]c1c3cc(cc12)C1(c2ccc(cc2)C2(c4ccccc4-c4ccccc42)c2cc(cc4c2[nH]c2cc(Br)ccc24)C2(c4ccc(cc4)C34c3ccccc3-c3ccccc34)c3ccccc3-c3ccccc32)c2ccccc2-c2ccccc21. The number of rotatable bonds is 0. The first-order chi connectivity index (χ1) is 45.4. The quantitative estimate of drug-likeness (QED) is 0.152. The maximum Gasteiger partial charge on any atom is 0.0734 e. The third-order valence-corrected chi connectivity index (χ3v) is 23.3. The van der Waals surface area contributed by atoms with Crippen LogP contribution in [0, 0.1) is 0 Å². The molecule has 4 spiro atoms. The lowest BCUT2D eigenvalue weighted by atomic mass is 9.61. The fraction of sp³-hybridized carbons (Fsp3) is 0.0455. The van der Waals surface area contributed by atoms with Gasteiger partial charge in [-0.1, -0.05) is 299 Å². The molecule has 2 N–H and O–H groups in total. The number of halogens is 2. The molecule has 0 aliphatic heterocycles. The van der Waals surface area contributed by atoms with Crippen molar-refractivity contribution in [2.75, 3.05) is 0 Å². The summed E-state index contributed by atoms with van der Waals surface area (Å²) in [5, 5.41) is 4.74. The number of nitrogens with one attached hydrogen (secondary N) is 2. The van der Waals surface area contributed by atoms with Crippen molar-refractivity contribution in [3.05, 3.63) is 401 Å². The van der Waals surface area contributed by atoms with E-state index in [2.05, 4.69) is 345 Å². The molecule has 0 amide bonds. The molecule has 92 heavy (non-hydrogen) atoms. The average Bonchev–Trinajstić information content (AvgIpc) is 1.50. The van der Waals surface area contributed by atoms with E-state index in [1.165, 1.54) is 155 Å². The zero-order valence-electron chi connectivity index (χ0n) is 49.6. The summed E-state index contributed by atoms with van der Waals surface area (Å²) in [7, 11) is 0. The van der Waals surface area contributed by atoms with Gasteiger partial charge in [-0.25, -0.2) is 0 Å². The van der Waals surface area contributed by atoms with Gasteiger partial charge in [-0.2, -0.15) is 0 Å². The van der Waals surface area contributed by atoms with Crippen LogP contribution in [-0.4, -0.2) is 9.97 Å². The Morgan fingerprint density at radius 3 is 0.707 bits per heavy atom. The Labute approximate surface area is 548 Å². The summed E-state index contributed by atoms with van der Waals surface area (Å²) in [5.41, 5.74) is 31.1. The molecule has 0 saturated carbocycles. The molecule has 8 aliphatic carbocycles. The number of hydrogen-bond donors (Lipinski definition) is 2. The Bertz CT molecular complexity index is 5390.